The summed E-state index contributed by atoms with van der Waals surface area (Å²) in [6.07, 6.45) is 2.81. The molecule has 8 heteroatoms. The molecule has 3 aromatic rings. The molecule has 0 aromatic heterocycles. The highest BCUT2D eigenvalue weighted by molar-refractivity contribution is 6.04. The number of aliphatic hydroxyl groups excluding tert-OH is 1. The molecule has 3 rings (SSSR count). The van der Waals surface area contributed by atoms with Crippen molar-refractivity contribution in [3.8, 4) is 5.75 Å². The van der Waals surface area contributed by atoms with Crippen LogP contribution in [0.25, 0.3) is 0 Å². The Labute approximate surface area is 193 Å². The van der Waals surface area contributed by atoms with Crippen LogP contribution >= 0.6 is 0 Å². The zero-order chi connectivity index (χ0) is 23.6. The number of hydrogen-bond donors (Lipinski definition) is 5. The van der Waals surface area contributed by atoms with E-state index in [9.17, 15) is 4.79 Å². The number of allylic oxidation sites excluding steroid dienone is 1. The van der Waals surface area contributed by atoms with Crippen molar-refractivity contribution in [3.05, 3.63) is 90.3 Å². The minimum absolute atomic E-state index is 0.0858. The molecule has 0 aliphatic rings. The highest BCUT2D eigenvalue weighted by Gasteiger charge is 2.07. The summed E-state index contributed by atoms with van der Waals surface area (Å²) in [5.41, 5.74) is 10.2. The summed E-state index contributed by atoms with van der Waals surface area (Å²) in [5, 5.41) is 16.6. The van der Waals surface area contributed by atoms with Gasteiger partial charge in [0.05, 0.1) is 12.8 Å². The fraction of sp³-hybridized carbons (Fsp3) is 0.160. The second kappa shape index (κ2) is 11.6. The molecule has 33 heavy (non-hydrogen) atoms. The maximum Gasteiger partial charge on any atom is 0.255 e. The van der Waals surface area contributed by atoms with Crippen LogP contribution < -0.4 is 32.0 Å². The van der Waals surface area contributed by atoms with Gasteiger partial charge in [-0.1, -0.05) is 6.07 Å². The largest absolute Gasteiger partial charge is 0.497 e. The summed E-state index contributed by atoms with van der Waals surface area (Å²) in [6.45, 7) is 0.0858. The molecule has 0 atom stereocenters. The number of anilines is 4. The molecule has 0 spiro atoms. The Morgan fingerprint density at radius 2 is 1.73 bits per heavy atom. The topological polar surface area (TPSA) is 126 Å². The summed E-state index contributed by atoms with van der Waals surface area (Å²) in [5.74, 6) is 6.60. The predicted octanol–water partition coefficient (Wildman–Crippen LogP) is 3.94. The fourth-order valence-corrected chi connectivity index (χ4v) is 3.09. The van der Waals surface area contributed by atoms with Crippen LogP contribution in [0.2, 0.25) is 0 Å². The lowest BCUT2D eigenvalue weighted by Gasteiger charge is -2.17. The standard InChI is InChI=1S/C25H29N5O3/c1-33-24-13-7-18(8-14-24)25(32)29-21-11-9-20(10-12-21)28-22-5-2-6-23(16-22)30(27)17-19(26)4-3-15-31/h2,5-14,16-17,28,31H,3-4,15,26-27H2,1H3,(H,29,32)/b19-17-. The Morgan fingerprint density at radius 1 is 1.03 bits per heavy atom. The number of hydrazine groups is 1. The van der Waals surface area contributed by atoms with Gasteiger partial charge in [-0.3, -0.25) is 9.80 Å². The third-order valence-electron chi connectivity index (χ3n) is 4.86. The molecule has 0 saturated heterocycles. The molecule has 0 radical (unpaired) electrons. The van der Waals surface area contributed by atoms with Gasteiger partial charge in [0.2, 0.25) is 0 Å². The highest BCUT2D eigenvalue weighted by Crippen LogP contribution is 2.23. The number of aliphatic hydroxyl groups is 1. The second-order valence-corrected chi connectivity index (χ2v) is 7.37. The first-order valence-electron chi connectivity index (χ1n) is 10.5. The molecule has 0 aliphatic carbocycles. The monoisotopic (exact) mass is 447 g/mol. The van der Waals surface area contributed by atoms with E-state index in [1.807, 2.05) is 48.5 Å². The normalized spacial score (nSPS) is 11.1. The van der Waals surface area contributed by atoms with Crippen LogP contribution in [0, 0.1) is 0 Å². The molecular weight excluding hydrogens is 418 g/mol. The van der Waals surface area contributed by atoms with Crippen LogP contribution in [0.15, 0.2) is 84.7 Å². The molecule has 0 bridgehead atoms. The average molecular weight is 448 g/mol. The Bertz CT molecular complexity index is 1080. The van der Waals surface area contributed by atoms with E-state index in [0.717, 1.165) is 17.1 Å². The van der Waals surface area contributed by atoms with Gasteiger partial charge in [-0.2, -0.15) is 0 Å². The van der Waals surface area contributed by atoms with Crippen LogP contribution in [0.3, 0.4) is 0 Å². The van der Waals surface area contributed by atoms with Crippen LogP contribution in [-0.4, -0.2) is 24.7 Å². The number of benzene rings is 3. The summed E-state index contributed by atoms with van der Waals surface area (Å²) in [7, 11) is 1.58. The van der Waals surface area contributed by atoms with E-state index in [4.69, 9.17) is 21.4 Å². The van der Waals surface area contributed by atoms with Crippen molar-refractivity contribution in [3.63, 3.8) is 0 Å². The molecule has 0 heterocycles. The lowest BCUT2D eigenvalue weighted by atomic mass is 10.2. The van der Waals surface area contributed by atoms with Crippen LogP contribution in [0.4, 0.5) is 22.7 Å². The van der Waals surface area contributed by atoms with Crippen molar-refractivity contribution in [2.24, 2.45) is 11.6 Å². The van der Waals surface area contributed by atoms with Crippen molar-refractivity contribution >= 4 is 28.7 Å². The number of methoxy groups -OCH3 is 1. The lowest BCUT2D eigenvalue weighted by Crippen LogP contribution is -2.26. The number of nitrogens with one attached hydrogen (secondary N) is 2. The molecule has 0 fully saturated rings. The van der Waals surface area contributed by atoms with Gasteiger partial charge >= 0.3 is 0 Å². The van der Waals surface area contributed by atoms with Crippen LogP contribution in [-0.2, 0) is 0 Å². The Morgan fingerprint density at radius 3 is 2.39 bits per heavy atom. The number of hydrogen-bond acceptors (Lipinski definition) is 7. The minimum Gasteiger partial charge on any atom is -0.497 e. The molecule has 3 aromatic carbocycles. The molecule has 0 saturated carbocycles. The molecule has 1 amide bonds. The first-order valence-corrected chi connectivity index (χ1v) is 10.5. The molecule has 0 unspecified atom stereocenters. The third-order valence-corrected chi connectivity index (χ3v) is 4.86. The van der Waals surface area contributed by atoms with E-state index in [0.29, 0.717) is 35.5 Å². The van der Waals surface area contributed by atoms with Crippen molar-refractivity contribution < 1.29 is 14.6 Å². The number of amides is 1. The van der Waals surface area contributed by atoms with Crippen molar-refractivity contribution in [2.75, 3.05) is 29.4 Å². The maximum atomic E-state index is 12.4. The fourth-order valence-electron chi connectivity index (χ4n) is 3.09. The van der Waals surface area contributed by atoms with E-state index in [-0.39, 0.29) is 12.5 Å². The SMILES string of the molecule is COc1ccc(C(=O)Nc2ccc(Nc3cccc(N(N)/C=C(\N)CCCO)c3)cc2)cc1. The number of ether oxygens (including phenoxy) is 1. The van der Waals surface area contributed by atoms with E-state index in [2.05, 4.69) is 10.6 Å². The molecule has 0 aliphatic heterocycles. The van der Waals surface area contributed by atoms with Crippen molar-refractivity contribution in [2.45, 2.75) is 12.8 Å². The molecule has 8 nitrogen and oxygen atoms in total. The highest BCUT2D eigenvalue weighted by atomic mass is 16.5. The first-order chi connectivity index (χ1) is 16.0. The Hall–Kier alpha value is -4.01. The first kappa shape index (κ1) is 23.6. The summed E-state index contributed by atoms with van der Waals surface area (Å²) in [6, 6.07) is 21.9. The quantitative estimate of drug-likeness (QED) is 0.235. The summed E-state index contributed by atoms with van der Waals surface area (Å²) in [4.78, 5) is 12.4. The summed E-state index contributed by atoms with van der Waals surface area (Å²) >= 11 is 0. The molecule has 7 N–H and O–H groups in total. The third kappa shape index (κ3) is 6.99. The Balaban J connectivity index is 1.61. The predicted molar refractivity (Wildman–Crippen MR) is 132 cm³/mol. The zero-order valence-electron chi connectivity index (χ0n) is 18.5. The van der Waals surface area contributed by atoms with Gasteiger partial charge in [-0.05, 0) is 79.6 Å². The van der Waals surface area contributed by atoms with Gasteiger partial charge < -0.3 is 26.2 Å². The smallest absolute Gasteiger partial charge is 0.255 e. The van der Waals surface area contributed by atoms with Crippen molar-refractivity contribution in [1.82, 2.24) is 0 Å². The van der Waals surface area contributed by atoms with E-state index >= 15 is 0 Å². The van der Waals surface area contributed by atoms with Crippen LogP contribution in [0.1, 0.15) is 23.2 Å². The summed E-state index contributed by atoms with van der Waals surface area (Å²) < 4.78 is 5.12. The second-order valence-electron chi connectivity index (χ2n) is 7.37. The van der Waals surface area contributed by atoms with Crippen molar-refractivity contribution in [1.29, 1.82) is 0 Å². The maximum absolute atomic E-state index is 12.4. The van der Waals surface area contributed by atoms with Gasteiger partial charge in [0, 0.05) is 41.1 Å². The van der Waals surface area contributed by atoms with E-state index in [1.165, 1.54) is 5.01 Å². The number of carbonyl (C=O) groups excluding carboxylic acids is 1. The minimum atomic E-state index is -0.194. The Kier molecular flexibility index (Phi) is 8.29. The van der Waals surface area contributed by atoms with Crippen LogP contribution in [0.5, 0.6) is 5.75 Å². The molecular formula is C25H29N5O3. The van der Waals surface area contributed by atoms with E-state index in [1.54, 1.807) is 37.6 Å². The van der Waals surface area contributed by atoms with Gasteiger partial charge in [0.25, 0.3) is 5.91 Å². The zero-order valence-corrected chi connectivity index (χ0v) is 18.5. The van der Waals surface area contributed by atoms with E-state index < -0.39 is 0 Å². The lowest BCUT2D eigenvalue weighted by molar-refractivity contribution is 0.102. The van der Waals surface area contributed by atoms with Gasteiger partial charge in [-0.25, -0.2) is 5.84 Å². The number of nitrogens with zero attached hydrogens (tertiary/aromatic N) is 1. The number of carbonyl (C=O) groups is 1. The average Bonchev–Trinajstić information content (AvgIpc) is 2.84. The molecule has 172 valence electrons. The van der Waals surface area contributed by atoms with Gasteiger partial charge in [-0.15, -0.1) is 0 Å². The van der Waals surface area contributed by atoms with Gasteiger partial charge in [0.1, 0.15) is 5.75 Å². The number of nitrogens with two attached hydrogens (primary N) is 2. The van der Waals surface area contributed by atoms with Gasteiger partial charge in [0.15, 0.2) is 0 Å². The number of rotatable bonds is 10.